The molecule has 0 radical (unpaired) electrons. The van der Waals surface area contributed by atoms with Gasteiger partial charge in [-0.05, 0) is 37.8 Å². The highest BCUT2D eigenvalue weighted by Crippen LogP contribution is 2.44. The minimum atomic E-state index is -1.20. The molecule has 1 aromatic rings. The van der Waals surface area contributed by atoms with Crippen LogP contribution in [0.5, 0.6) is 5.75 Å². The van der Waals surface area contributed by atoms with Gasteiger partial charge in [-0.3, -0.25) is 0 Å². The van der Waals surface area contributed by atoms with Crippen molar-refractivity contribution in [2.45, 2.75) is 122 Å². The highest BCUT2D eigenvalue weighted by Gasteiger charge is 2.53. The van der Waals surface area contributed by atoms with Gasteiger partial charge in [0.1, 0.15) is 11.4 Å². The second kappa shape index (κ2) is 22.3. The maximum Gasteiger partial charge on any atom is 0.121 e. The topological polar surface area (TPSA) is 120 Å². The van der Waals surface area contributed by atoms with Gasteiger partial charge in [0.25, 0.3) is 0 Å². The highest BCUT2D eigenvalue weighted by molar-refractivity contribution is 5.23. The molecule has 0 aliphatic carbocycles. The summed E-state index contributed by atoms with van der Waals surface area (Å²) in [7, 11) is 0. The van der Waals surface area contributed by atoms with Gasteiger partial charge in [0.05, 0.1) is 57.1 Å². The lowest BCUT2D eigenvalue weighted by molar-refractivity contribution is -0.169. The van der Waals surface area contributed by atoms with Crippen molar-refractivity contribution in [3.05, 3.63) is 30.3 Å². The molecule has 5 N–H and O–H groups in total. The fraction of sp³-hybridized carbons (Fsp3) is 0.824. The fourth-order valence-electron chi connectivity index (χ4n) is 5.63. The van der Waals surface area contributed by atoms with E-state index in [9.17, 15) is 25.5 Å². The van der Waals surface area contributed by atoms with Gasteiger partial charge < -0.3 is 35.0 Å². The van der Waals surface area contributed by atoms with Gasteiger partial charge in [0, 0.05) is 0 Å². The number of hydrogen-bond donors (Lipinski definition) is 5. The zero-order valence-corrected chi connectivity index (χ0v) is 26.2. The molecule has 7 nitrogen and oxygen atoms in total. The molecule has 0 aliphatic heterocycles. The lowest BCUT2D eigenvalue weighted by atomic mass is 9.67. The average molecular weight is 583 g/mol. The minimum absolute atomic E-state index is 0.0262. The molecule has 0 heterocycles. The third-order valence-corrected chi connectivity index (χ3v) is 8.79. The van der Waals surface area contributed by atoms with E-state index in [4.69, 9.17) is 9.47 Å². The zero-order valence-electron chi connectivity index (χ0n) is 26.2. The van der Waals surface area contributed by atoms with Crippen molar-refractivity contribution in [2.75, 3.05) is 46.2 Å². The Labute approximate surface area is 250 Å². The summed E-state index contributed by atoms with van der Waals surface area (Å²) in [6, 6.07) is 9.62. The number of aliphatic hydroxyl groups excluding tert-OH is 5. The Morgan fingerprint density at radius 1 is 0.537 bits per heavy atom. The van der Waals surface area contributed by atoms with E-state index < -0.39 is 36.3 Å². The van der Waals surface area contributed by atoms with Crippen LogP contribution in [0.1, 0.15) is 117 Å². The van der Waals surface area contributed by atoms with E-state index in [1.165, 1.54) is 51.4 Å². The van der Waals surface area contributed by atoms with E-state index in [-0.39, 0.29) is 26.4 Å². The van der Waals surface area contributed by atoms with Crippen LogP contribution in [0.2, 0.25) is 0 Å². The van der Waals surface area contributed by atoms with Gasteiger partial charge in [-0.1, -0.05) is 109 Å². The number of hydrogen-bond acceptors (Lipinski definition) is 7. The van der Waals surface area contributed by atoms with Crippen molar-refractivity contribution < 1.29 is 35.0 Å². The molecule has 0 spiro atoms. The lowest BCUT2D eigenvalue weighted by Crippen LogP contribution is -2.59. The fourth-order valence-corrected chi connectivity index (χ4v) is 5.63. The predicted octanol–water partition coefficient (Wildman–Crippen LogP) is 6.04. The first kappa shape index (κ1) is 37.8. The summed E-state index contributed by atoms with van der Waals surface area (Å²) in [6.07, 6.45) is 17.4. The number of unbranched alkanes of at least 4 members (excludes halogenated alkanes) is 12. The molecule has 0 saturated carbocycles. The molecule has 0 aromatic heterocycles. The molecule has 0 bridgehead atoms. The van der Waals surface area contributed by atoms with Crippen LogP contribution in [0, 0.1) is 10.8 Å². The van der Waals surface area contributed by atoms with E-state index in [0.717, 1.165) is 38.5 Å². The molecule has 0 amide bonds. The SMILES string of the molecule is CCCCCCCCCC(CCCCCCCCC)(Oc1ccccc1)C(CO)(CO)COCC(CO)(CO)CO. The molecule has 0 unspecified atom stereocenters. The van der Waals surface area contributed by atoms with Crippen LogP contribution in [0.25, 0.3) is 0 Å². The minimum Gasteiger partial charge on any atom is -0.486 e. The van der Waals surface area contributed by atoms with Crippen molar-refractivity contribution in [2.24, 2.45) is 10.8 Å². The molecule has 0 aliphatic rings. The first-order chi connectivity index (χ1) is 20.0. The van der Waals surface area contributed by atoms with Crippen molar-refractivity contribution in [3.8, 4) is 5.75 Å². The van der Waals surface area contributed by atoms with E-state index in [0.29, 0.717) is 18.6 Å². The van der Waals surface area contributed by atoms with Crippen LogP contribution in [-0.2, 0) is 4.74 Å². The molecular weight excluding hydrogens is 520 g/mol. The maximum atomic E-state index is 10.9. The maximum absolute atomic E-state index is 10.9. The van der Waals surface area contributed by atoms with Gasteiger partial charge in [-0.15, -0.1) is 0 Å². The highest BCUT2D eigenvalue weighted by atomic mass is 16.5. The molecule has 0 saturated heterocycles. The molecular formula is C34H62O7. The zero-order chi connectivity index (χ0) is 30.3. The van der Waals surface area contributed by atoms with Gasteiger partial charge in [0.2, 0.25) is 0 Å². The molecule has 7 heteroatoms. The first-order valence-corrected chi connectivity index (χ1v) is 16.3. The van der Waals surface area contributed by atoms with Crippen LogP contribution in [-0.4, -0.2) is 77.4 Å². The Morgan fingerprint density at radius 3 is 1.39 bits per heavy atom. The average Bonchev–Trinajstić information content (AvgIpc) is 3.01. The number of benzene rings is 1. The van der Waals surface area contributed by atoms with E-state index in [1.807, 2.05) is 30.3 Å². The van der Waals surface area contributed by atoms with Gasteiger partial charge in [0.15, 0.2) is 0 Å². The van der Waals surface area contributed by atoms with Crippen molar-refractivity contribution in [3.63, 3.8) is 0 Å². The molecule has 0 atom stereocenters. The van der Waals surface area contributed by atoms with Gasteiger partial charge in [-0.25, -0.2) is 0 Å². The second-order valence-electron chi connectivity index (χ2n) is 12.2. The third kappa shape index (κ3) is 12.9. The Hall–Kier alpha value is -1.22. The van der Waals surface area contributed by atoms with Crippen molar-refractivity contribution in [1.29, 1.82) is 0 Å². The Balaban J connectivity index is 3.25. The standard InChI is InChI=1S/C34H62O7/c1-3-5-7-9-11-13-18-22-34(41-31-20-16-15-17-21-31,23-19-14-12-10-8-6-4-2)33(27-38,28-39)30-40-29-32(24-35,25-36)26-37/h15-17,20-21,35-39H,3-14,18-19,22-30H2,1-2H3. The summed E-state index contributed by atoms with van der Waals surface area (Å²) >= 11 is 0. The molecule has 240 valence electrons. The van der Waals surface area contributed by atoms with E-state index >= 15 is 0 Å². The monoisotopic (exact) mass is 582 g/mol. The van der Waals surface area contributed by atoms with Crippen molar-refractivity contribution in [1.82, 2.24) is 0 Å². The van der Waals surface area contributed by atoms with Crippen LogP contribution in [0.3, 0.4) is 0 Å². The quantitative estimate of drug-likeness (QED) is 0.0765. The summed E-state index contributed by atoms with van der Waals surface area (Å²) in [5, 5.41) is 51.2. The summed E-state index contributed by atoms with van der Waals surface area (Å²) in [5.41, 5.74) is -3.21. The van der Waals surface area contributed by atoms with Gasteiger partial charge in [-0.2, -0.15) is 0 Å². The van der Waals surface area contributed by atoms with Crippen LogP contribution in [0.4, 0.5) is 0 Å². The van der Waals surface area contributed by atoms with Crippen LogP contribution in [0.15, 0.2) is 30.3 Å². The Bertz CT molecular complexity index is 693. The van der Waals surface area contributed by atoms with Crippen molar-refractivity contribution >= 4 is 0 Å². The number of aliphatic hydroxyl groups is 5. The Morgan fingerprint density at radius 2 is 0.976 bits per heavy atom. The Kier molecular flexibility index (Phi) is 20.6. The first-order valence-electron chi connectivity index (χ1n) is 16.3. The number of para-hydroxylation sites is 1. The molecule has 41 heavy (non-hydrogen) atoms. The predicted molar refractivity (Wildman–Crippen MR) is 166 cm³/mol. The lowest BCUT2D eigenvalue weighted by Gasteiger charge is -2.49. The molecule has 1 aromatic carbocycles. The van der Waals surface area contributed by atoms with Crippen LogP contribution >= 0.6 is 0 Å². The van der Waals surface area contributed by atoms with Crippen LogP contribution < -0.4 is 4.74 Å². The largest absolute Gasteiger partial charge is 0.486 e. The summed E-state index contributed by atoms with van der Waals surface area (Å²) in [6.45, 7) is 2.32. The van der Waals surface area contributed by atoms with Gasteiger partial charge >= 0.3 is 0 Å². The third-order valence-electron chi connectivity index (χ3n) is 8.79. The van der Waals surface area contributed by atoms with E-state index in [2.05, 4.69) is 13.8 Å². The molecule has 1 rings (SSSR count). The smallest absolute Gasteiger partial charge is 0.121 e. The molecule has 0 fully saturated rings. The summed E-state index contributed by atoms with van der Waals surface area (Å²) in [5.74, 6) is 0.695. The summed E-state index contributed by atoms with van der Waals surface area (Å²) in [4.78, 5) is 0. The second-order valence-corrected chi connectivity index (χ2v) is 12.2. The van der Waals surface area contributed by atoms with E-state index in [1.54, 1.807) is 0 Å². The normalized spacial score (nSPS) is 12.7. The number of rotatable bonds is 28. The number of ether oxygens (including phenoxy) is 2. The summed E-state index contributed by atoms with van der Waals surface area (Å²) < 4.78 is 12.9.